The Hall–Kier alpha value is -2.14. The first-order valence-electron chi connectivity index (χ1n) is 10.2. The fraction of sp³-hybridized carbons (Fsp3) is 0.545. The number of hydrogen-bond acceptors (Lipinski definition) is 3. The van der Waals surface area contributed by atoms with Crippen LogP contribution in [0.5, 0.6) is 0 Å². The van der Waals surface area contributed by atoms with Gasteiger partial charge in [-0.2, -0.15) is 5.10 Å². The molecule has 1 aromatic carbocycles. The highest BCUT2D eigenvalue weighted by atomic mass is 16.2. The third-order valence-electron chi connectivity index (χ3n) is 5.73. The second-order valence-electron chi connectivity index (χ2n) is 7.76. The highest BCUT2D eigenvalue weighted by Gasteiger charge is 2.34. The van der Waals surface area contributed by atoms with Gasteiger partial charge in [-0.1, -0.05) is 38.5 Å². The summed E-state index contributed by atoms with van der Waals surface area (Å²) in [6.07, 6.45) is 8.31. The van der Waals surface area contributed by atoms with Crippen LogP contribution in [0.25, 0.3) is 5.69 Å². The number of benzene rings is 1. The maximum absolute atomic E-state index is 12.4. The number of carbonyl (C=O) groups is 1. The van der Waals surface area contributed by atoms with E-state index >= 15 is 0 Å². The van der Waals surface area contributed by atoms with Crippen molar-refractivity contribution in [1.82, 2.24) is 20.0 Å². The fourth-order valence-electron chi connectivity index (χ4n) is 3.46. The van der Waals surface area contributed by atoms with Gasteiger partial charge in [0.2, 0.25) is 5.91 Å². The zero-order valence-electron chi connectivity index (χ0n) is 16.8. The Morgan fingerprint density at radius 1 is 1.30 bits per heavy atom. The molecular weight excluding hydrogens is 336 g/mol. The number of carbonyl (C=O) groups excluding carboxylic acids is 1. The monoisotopic (exact) mass is 368 g/mol. The van der Waals surface area contributed by atoms with Crippen molar-refractivity contribution in [2.45, 2.75) is 58.5 Å². The Morgan fingerprint density at radius 2 is 2.04 bits per heavy atom. The number of rotatable bonds is 10. The predicted molar refractivity (Wildman–Crippen MR) is 109 cm³/mol. The van der Waals surface area contributed by atoms with Crippen molar-refractivity contribution in [2.24, 2.45) is 5.92 Å². The van der Waals surface area contributed by atoms with E-state index in [-0.39, 0.29) is 5.91 Å². The maximum atomic E-state index is 12.4. The predicted octanol–water partition coefficient (Wildman–Crippen LogP) is 3.43. The first-order chi connectivity index (χ1) is 13.1. The fourth-order valence-corrected chi connectivity index (χ4v) is 3.46. The van der Waals surface area contributed by atoms with Gasteiger partial charge < -0.3 is 5.32 Å². The highest BCUT2D eigenvalue weighted by molar-refractivity contribution is 5.78. The second-order valence-corrected chi connectivity index (χ2v) is 7.76. The van der Waals surface area contributed by atoms with Crippen molar-refractivity contribution in [3.05, 3.63) is 48.3 Å². The molecule has 0 radical (unpaired) electrons. The Bertz CT molecular complexity index is 723. The zero-order valence-corrected chi connectivity index (χ0v) is 16.8. The van der Waals surface area contributed by atoms with Gasteiger partial charge in [-0.3, -0.25) is 9.69 Å². The number of nitrogens with zero attached hydrogens (tertiary/aromatic N) is 3. The lowest BCUT2D eigenvalue weighted by molar-refractivity contribution is -0.123. The number of amides is 1. The summed E-state index contributed by atoms with van der Waals surface area (Å²) in [6.45, 7) is 7.93. The van der Waals surface area contributed by atoms with Crippen LogP contribution in [-0.2, 0) is 11.2 Å². The molecular formula is C22H32N4O. The zero-order chi connectivity index (χ0) is 19.2. The second kappa shape index (κ2) is 9.18. The van der Waals surface area contributed by atoms with Gasteiger partial charge in [0.1, 0.15) is 0 Å². The summed E-state index contributed by atoms with van der Waals surface area (Å²) < 4.78 is 1.87. The average Bonchev–Trinajstić information content (AvgIpc) is 3.43. The summed E-state index contributed by atoms with van der Waals surface area (Å²) in [5.41, 5.74) is 2.18. The smallest absolute Gasteiger partial charge is 0.234 e. The summed E-state index contributed by atoms with van der Waals surface area (Å²) in [4.78, 5) is 14.8. The number of para-hydroxylation sites is 1. The molecule has 2 atom stereocenters. The van der Waals surface area contributed by atoms with E-state index in [1.807, 2.05) is 47.4 Å². The molecule has 0 spiro atoms. The van der Waals surface area contributed by atoms with Crippen molar-refractivity contribution < 1.29 is 4.79 Å². The maximum Gasteiger partial charge on any atom is 0.234 e. The molecule has 0 bridgehead atoms. The summed E-state index contributed by atoms with van der Waals surface area (Å²) >= 11 is 0. The molecule has 0 saturated heterocycles. The molecule has 5 nitrogen and oxygen atoms in total. The Labute approximate surface area is 162 Å². The van der Waals surface area contributed by atoms with E-state index in [0.29, 0.717) is 31.1 Å². The van der Waals surface area contributed by atoms with Crippen LogP contribution >= 0.6 is 0 Å². The molecule has 0 aliphatic heterocycles. The van der Waals surface area contributed by atoms with Crippen molar-refractivity contribution in [3.63, 3.8) is 0 Å². The van der Waals surface area contributed by atoms with E-state index in [1.165, 1.54) is 12.8 Å². The van der Waals surface area contributed by atoms with E-state index in [2.05, 4.69) is 36.1 Å². The summed E-state index contributed by atoms with van der Waals surface area (Å²) in [5.74, 6) is 0.745. The molecule has 1 amide bonds. The molecule has 1 saturated carbocycles. The van der Waals surface area contributed by atoms with Crippen LogP contribution in [0.1, 0.15) is 45.6 Å². The van der Waals surface area contributed by atoms with Gasteiger partial charge in [0.25, 0.3) is 0 Å². The van der Waals surface area contributed by atoms with Crippen LogP contribution in [-0.4, -0.2) is 45.8 Å². The van der Waals surface area contributed by atoms with E-state index in [9.17, 15) is 4.79 Å². The van der Waals surface area contributed by atoms with Gasteiger partial charge in [0.05, 0.1) is 18.4 Å². The lowest BCUT2D eigenvalue weighted by atomic mass is 9.99. The quantitative estimate of drug-likeness (QED) is 0.699. The third-order valence-corrected chi connectivity index (χ3v) is 5.73. The molecule has 1 aliphatic rings. The van der Waals surface area contributed by atoms with Crippen LogP contribution in [0.4, 0.5) is 0 Å². The number of hydrogen-bond donors (Lipinski definition) is 1. The van der Waals surface area contributed by atoms with Gasteiger partial charge in [-0.05, 0) is 49.8 Å². The standard InChI is InChI=1S/C22H32N4O/c1-4-17(2)18(3)25(20-10-11-20)16-22(27)23-13-12-19-14-24-26(15-19)21-8-6-5-7-9-21/h5-9,14-15,17-18,20H,4,10-13,16H2,1-3H3,(H,23,27). The van der Waals surface area contributed by atoms with E-state index in [0.717, 1.165) is 24.1 Å². The van der Waals surface area contributed by atoms with Crippen molar-refractivity contribution in [1.29, 1.82) is 0 Å². The molecule has 1 heterocycles. The number of nitrogens with one attached hydrogen (secondary N) is 1. The van der Waals surface area contributed by atoms with Crippen LogP contribution in [0.15, 0.2) is 42.7 Å². The van der Waals surface area contributed by atoms with Crippen LogP contribution < -0.4 is 5.32 Å². The molecule has 3 rings (SSSR count). The Kier molecular flexibility index (Phi) is 6.67. The molecule has 2 aromatic rings. The Morgan fingerprint density at radius 3 is 2.70 bits per heavy atom. The van der Waals surface area contributed by atoms with Crippen molar-refractivity contribution >= 4 is 5.91 Å². The summed E-state index contributed by atoms with van der Waals surface area (Å²) in [7, 11) is 0. The minimum atomic E-state index is 0.132. The molecule has 1 N–H and O–H groups in total. The highest BCUT2D eigenvalue weighted by Crippen LogP contribution is 2.30. The molecule has 5 heteroatoms. The van der Waals surface area contributed by atoms with E-state index < -0.39 is 0 Å². The van der Waals surface area contributed by atoms with Crippen LogP contribution in [0, 0.1) is 5.92 Å². The van der Waals surface area contributed by atoms with Gasteiger partial charge >= 0.3 is 0 Å². The van der Waals surface area contributed by atoms with Crippen LogP contribution in [0.3, 0.4) is 0 Å². The van der Waals surface area contributed by atoms with Gasteiger partial charge in [0.15, 0.2) is 0 Å². The minimum absolute atomic E-state index is 0.132. The SMILES string of the molecule is CCC(C)C(C)N(CC(=O)NCCc1cnn(-c2ccccc2)c1)C1CC1. The van der Waals surface area contributed by atoms with Gasteiger partial charge in [0, 0.05) is 24.8 Å². The first-order valence-corrected chi connectivity index (χ1v) is 10.2. The molecule has 146 valence electrons. The lowest BCUT2D eigenvalue weighted by Gasteiger charge is -2.32. The van der Waals surface area contributed by atoms with Crippen molar-refractivity contribution in [3.8, 4) is 5.69 Å². The molecule has 2 unspecified atom stereocenters. The summed E-state index contributed by atoms with van der Waals surface area (Å²) in [6, 6.07) is 11.1. The summed E-state index contributed by atoms with van der Waals surface area (Å²) in [5, 5.41) is 7.50. The minimum Gasteiger partial charge on any atom is -0.355 e. The largest absolute Gasteiger partial charge is 0.355 e. The van der Waals surface area contributed by atoms with E-state index in [4.69, 9.17) is 0 Å². The Balaban J connectivity index is 1.46. The topological polar surface area (TPSA) is 50.2 Å². The molecule has 27 heavy (non-hydrogen) atoms. The third kappa shape index (κ3) is 5.42. The van der Waals surface area contributed by atoms with Gasteiger partial charge in [-0.25, -0.2) is 4.68 Å². The van der Waals surface area contributed by atoms with E-state index in [1.54, 1.807) is 0 Å². The molecule has 1 aliphatic carbocycles. The number of aromatic nitrogens is 2. The lowest BCUT2D eigenvalue weighted by Crippen LogP contribution is -2.45. The average molecular weight is 369 g/mol. The van der Waals surface area contributed by atoms with Crippen molar-refractivity contribution in [2.75, 3.05) is 13.1 Å². The normalized spacial score (nSPS) is 16.3. The molecule has 1 fully saturated rings. The van der Waals surface area contributed by atoms with Crippen LogP contribution in [0.2, 0.25) is 0 Å². The van der Waals surface area contributed by atoms with Gasteiger partial charge in [-0.15, -0.1) is 0 Å². The first kappa shape index (κ1) is 19.6. The molecule has 1 aromatic heterocycles.